The minimum absolute atomic E-state index is 0.301. The zero-order valence-electron chi connectivity index (χ0n) is 21.3. The third kappa shape index (κ3) is 6.95. The molecule has 38 heavy (non-hydrogen) atoms. The van der Waals surface area contributed by atoms with Crippen LogP contribution in [0.2, 0.25) is 0 Å². The van der Waals surface area contributed by atoms with Gasteiger partial charge in [0.15, 0.2) is 0 Å². The van der Waals surface area contributed by atoms with E-state index in [9.17, 15) is 5.11 Å². The minimum atomic E-state index is -0.924. The number of benzene rings is 4. The van der Waals surface area contributed by atoms with Gasteiger partial charge >= 0.3 is 0 Å². The van der Waals surface area contributed by atoms with Crippen molar-refractivity contribution in [1.29, 1.82) is 0 Å². The topological polar surface area (TPSA) is 57.2 Å². The van der Waals surface area contributed by atoms with Gasteiger partial charge in [0.25, 0.3) is 0 Å². The molecular formula is C33H34O5. The zero-order chi connectivity index (χ0) is 26.0. The highest BCUT2D eigenvalue weighted by molar-refractivity contribution is 5.21. The lowest BCUT2D eigenvalue weighted by atomic mass is 9.90. The molecule has 5 nitrogen and oxygen atoms in total. The van der Waals surface area contributed by atoms with Gasteiger partial charge in [-0.15, -0.1) is 0 Å². The van der Waals surface area contributed by atoms with Crippen molar-refractivity contribution in [2.24, 2.45) is 0 Å². The molecule has 1 saturated heterocycles. The Kier molecular flexibility index (Phi) is 9.32. The molecule has 1 aliphatic rings. The van der Waals surface area contributed by atoms with Crippen molar-refractivity contribution < 1.29 is 24.1 Å². The van der Waals surface area contributed by atoms with Gasteiger partial charge in [0.2, 0.25) is 0 Å². The van der Waals surface area contributed by atoms with Crippen LogP contribution in [0.1, 0.15) is 28.4 Å². The highest BCUT2D eigenvalue weighted by atomic mass is 16.6. The summed E-state index contributed by atoms with van der Waals surface area (Å²) in [7, 11) is 0. The lowest BCUT2D eigenvalue weighted by molar-refractivity contribution is -0.263. The number of hydrogen-bond acceptors (Lipinski definition) is 5. The Labute approximate surface area is 224 Å². The summed E-state index contributed by atoms with van der Waals surface area (Å²) in [6.45, 7) is 1.49. The van der Waals surface area contributed by atoms with Crippen LogP contribution < -0.4 is 0 Å². The molecule has 1 aliphatic heterocycles. The van der Waals surface area contributed by atoms with E-state index in [2.05, 4.69) is 0 Å². The van der Waals surface area contributed by atoms with E-state index in [1.165, 1.54) is 0 Å². The van der Waals surface area contributed by atoms with Crippen LogP contribution >= 0.6 is 0 Å². The van der Waals surface area contributed by atoms with Crippen molar-refractivity contribution in [1.82, 2.24) is 0 Å². The van der Waals surface area contributed by atoms with E-state index in [0.29, 0.717) is 26.4 Å². The van der Waals surface area contributed by atoms with Gasteiger partial charge in [-0.1, -0.05) is 121 Å². The molecule has 5 rings (SSSR count). The molecule has 1 fully saturated rings. The Morgan fingerprint density at radius 3 is 1.53 bits per heavy atom. The van der Waals surface area contributed by atoms with Gasteiger partial charge in [-0.2, -0.15) is 0 Å². The molecule has 1 N–H and O–H groups in total. The number of aliphatic hydroxyl groups is 1. The molecule has 5 atom stereocenters. The average Bonchev–Trinajstić information content (AvgIpc) is 2.98. The molecule has 0 bridgehead atoms. The SMILES string of the molecule is OC1C(OCc2ccccc2)[C@H](OCc2ccccc2)C(COCc2ccccc2)O[C@H]1c1ccccc1. The molecule has 196 valence electrons. The van der Waals surface area contributed by atoms with Crippen molar-refractivity contribution >= 4 is 0 Å². The van der Waals surface area contributed by atoms with Crippen molar-refractivity contribution in [3.05, 3.63) is 144 Å². The minimum Gasteiger partial charge on any atom is -0.387 e. The van der Waals surface area contributed by atoms with Gasteiger partial charge < -0.3 is 24.1 Å². The maximum absolute atomic E-state index is 11.6. The van der Waals surface area contributed by atoms with Crippen LogP contribution in [-0.2, 0) is 38.8 Å². The Morgan fingerprint density at radius 2 is 1.00 bits per heavy atom. The zero-order valence-corrected chi connectivity index (χ0v) is 21.3. The van der Waals surface area contributed by atoms with E-state index < -0.39 is 30.5 Å². The van der Waals surface area contributed by atoms with E-state index in [1.807, 2.05) is 121 Å². The Bertz CT molecular complexity index is 1200. The number of ether oxygens (including phenoxy) is 4. The van der Waals surface area contributed by atoms with E-state index >= 15 is 0 Å². The first-order chi connectivity index (χ1) is 18.8. The van der Waals surface area contributed by atoms with Crippen molar-refractivity contribution in [2.45, 2.75) is 50.3 Å². The summed E-state index contributed by atoms with van der Waals surface area (Å²) < 4.78 is 25.5. The smallest absolute Gasteiger partial charge is 0.115 e. The lowest BCUT2D eigenvalue weighted by Gasteiger charge is -2.44. The third-order valence-electron chi connectivity index (χ3n) is 6.75. The first-order valence-corrected chi connectivity index (χ1v) is 13.1. The predicted octanol–water partition coefficient (Wildman–Crippen LogP) is 5.88. The molecule has 4 aromatic carbocycles. The van der Waals surface area contributed by atoms with Crippen LogP contribution in [0.15, 0.2) is 121 Å². The highest BCUT2D eigenvalue weighted by Gasteiger charge is 2.47. The summed E-state index contributed by atoms with van der Waals surface area (Å²) in [6, 6.07) is 39.8. The highest BCUT2D eigenvalue weighted by Crippen LogP contribution is 2.36. The van der Waals surface area contributed by atoms with Gasteiger partial charge in [-0.3, -0.25) is 0 Å². The summed E-state index contributed by atoms with van der Waals surface area (Å²) in [6.07, 6.45) is -3.10. The fourth-order valence-electron chi connectivity index (χ4n) is 4.77. The van der Waals surface area contributed by atoms with Gasteiger partial charge in [-0.05, 0) is 22.3 Å². The molecule has 0 aliphatic carbocycles. The summed E-state index contributed by atoms with van der Waals surface area (Å²) in [4.78, 5) is 0. The van der Waals surface area contributed by atoms with Crippen molar-refractivity contribution in [3.63, 3.8) is 0 Å². The molecule has 0 spiro atoms. The number of aliphatic hydroxyl groups excluding tert-OH is 1. The Balaban J connectivity index is 1.39. The van der Waals surface area contributed by atoms with Gasteiger partial charge in [0.1, 0.15) is 30.5 Å². The van der Waals surface area contributed by atoms with Crippen molar-refractivity contribution in [2.75, 3.05) is 6.61 Å². The molecule has 1 heterocycles. The maximum Gasteiger partial charge on any atom is 0.115 e. The molecular weight excluding hydrogens is 476 g/mol. The maximum atomic E-state index is 11.6. The average molecular weight is 511 g/mol. The number of hydrogen-bond donors (Lipinski definition) is 1. The third-order valence-corrected chi connectivity index (χ3v) is 6.75. The quantitative estimate of drug-likeness (QED) is 0.273. The first-order valence-electron chi connectivity index (χ1n) is 13.1. The van der Waals surface area contributed by atoms with E-state index in [1.54, 1.807) is 0 Å². The second kappa shape index (κ2) is 13.5. The van der Waals surface area contributed by atoms with Crippen molar-refractivity contribution in [3.8, 4) is 0 Å². The summed E-state index contributed by atoms with van der Waals surface area (Å²) >= 11 is 0. The molecule has 5 heteroatoms. The van der Waals surface area contributed by atoms with E-state index in [4.69, 9.17) is 18.9 Å². The standard InChI is InChI=1S/C33H34O5/c34-30-31(28-19-11-4-12-20-28)38-29(24-35-21-25-13-5-1-6-14-25)32(36-22-26-15-7-2-8-16-26)33(30)37-23-27-17-9-3-10-18-27/h1-20,29-34H,21-24H2/t29?,30?,31-,32+,33?/m0/s1. The van der Waals surface area contributed by atoms with Crippen LogP contribution in [0.5, 0.6) is 0 Å². The summed E-state index contributed by atoms with van der Waals surface area (Å²) in [5, 5.41) is 11.6. The van der Waals surface area contributed by atoms with Crippen LogP contribution in [0, 0.1) is 0 Å². The summed E-state index contributed by atoms with van der Waals surface area (Å²) in [5.41, 5.74) is 4.04. The molecule has 4 aromatic rings. The molecule has 0 radical (unpaired) electrons. The van der Waals surface area contributed by atoms with Gasteiger partial charge in [-0.25, -0.2) is 0 Å². The summed E-state index contributed by atoms with van der Waals surface area (Å²) in [5.74, 6) is 0. The monoisotopic (exact) mass is 510 g/mol. The van der Waals surface area contributed by atoms with Crippen LogP contribution in [0.25, 0.3) is 0 Å². The van der Waals surface area contributed by atoms with E-state index in [0.717, 1.165) is 22.3 Å². The normalized spacial score (nSPS) is 23.2. The Hall–Kier alpha value is -3.32. The predicted molar refractivity (Wildman–Crippen MR) is 146 cm³/mol. The Morgan fingerprint density at radius 1 is 0.553 bits per heavy atom. The largest absolute Gasteiger partial charge is 0.387 e. The number of rotatable bonds is 11. The molecule has 3 unspecified atom stereocenters. The fourth-order valence-corrected chi connectivity index (χ4v) is 4.77. The first kappa shape index (κ1) is 26.3. The molecule has 0 aromatic heterocycles. The van der Waals surface area contributed by atoms with Gasteiger partial charge in [0, 0.05) is 0 Å². The van der Waals surface area contributed by atoms with Crippen LogP contribution in [-0.4, -0.2) is 36.1 Å². The fraction of sp³-hybridized carbons (Fsp3) is 0.273. The second-order valence-corrected chi connectivity index (χ2v) is 9.52. The van der Waals surface area contributed by atoms with Gasteiger partial charge in [0.05, 0.1) is 26.4 Å². The van der Waals surface area contributed by atoms with Crippen LogP contribution in [0.3, 0.4) is 0 Å². The van der Waals surface area contributed by atoms with E-state index in [-0.39, 0.29) is 0 Å². The molecule has 0 saturated carbocycles. The molecule has 0 amide bonds. The second-order valence-electron chi connectivity index (χ2n) is 9.52. The van der Waals surface area contributed by atoms with Crippen LogP contribution in [0.4, 0.5) is 0 Å². The lowest BCUT2D eigenvalue weighted by Crippen LogP contribution is -2.57.